The van der Waals surface area contributed by atoms with Crippen molar-refractivity contribution in [3.05, 3.63) is 82.3 Å². The second kappa shape index (κ2) is 8.77. The first kappa shape index (κ1) is 20.3. The smallest absolute Gasteiger partial charge is 0.257 e. The average molecular weight is 480 g/mol. The van der Waals surface area contributed by atoms with Crippen LogP contribution < -0.4 is 10.6 Å². The Balaban J connectivity index is 1.45. The van der Waals surface area contributed by atoms with Gasteiger partial charge in [-0.1, -0.05) is 35.0 Å². The summed E-state index contributed by atoms with van der Waals surface area (Å²) in [5.74, 6) is 0.288. The Kier molecular flexibility index (Phi) is 5.92. The lowest BCUT2D eigenvalue weighted by atomic mass is 10.1. The van der Waals surface area contributed by atoms with Crippen LogP contribution in [-0.2, 0) is 6.42 Å². The highest BCUT2D eigenvalue weighted by atomic mass is 79.9. The molecule has 0 saturated carbocycles. The van der Waals surface area contributed by atoms with Gasteiger partial charge in [0.2, 0.25) is 5.89 Å². The van der Waals surface area contributed by atoms with Gasteiger partial charge in [-0.15, -0.1) is 0 Å². The third-order valence-electron chi connectivity index (χ3n) is 4.59. The number of thiocarbonyl (C=S) groups is 1. The minimum atomic E-state index is -0.254. The van der Waals surface area contributed by atoms with E-state index in [4.69, 9.17) is 16.6 Å². The van der Waals surface area contributed by atoms with Crippen LogP contribution in [0.2, 0.25) is 0 Å². The summed E-state index contributed by atoms with van der Waals surface area (Å²) in [4.78, 5) is 16.9. The first-order valence-corrected chi connectivity index (χ1v) is 10.6. The van der Waals surface area contributed by atoms with E-state index in [9.17, 15) is 4.79 Å². The lowest BCUT2D eigenvalue weighted by Gasteiger charge is -2.09. The van der Waals surface area contributed by atoms with Crippen LogP contribution in [0.15, 0.2) is 75.6 Å². The number of nitrogens with one attached hydrogen (secondary N) is 2. The normalized spacial score (nSPS) is 10.7. The quantitative estimate of drug-likeness (QED) is 0.354. The minimum Gasteiger partial charge on any atom is -0.436 e. The third kappa shape index (κ3) is 4.58. The Morgan fingerprint density at radius 2 is 1.80 bits per heavy atom. The van der Waals surface area contributed by atoms with Crippen molar-refractivity contribution in [3.8, 4) is 11.5 Å². The maximum atomic E-state index is 12.4. The highest BCUT2D eigenvalue weighted by Crippen LogP contribution is 2.27. The van der Waals surface area contributed by atoms with Crippen molar-refractivity contribution in [2.75, 3.05) is 5.32 Å². The lowest BCUT2D eigenvalue weighted by Crippen LogP contribution is -2.34. The maximum absolute atomic E-state index is 12.4. The van der Waals surface area contributed by atoms with Gasteiger partial charge in [0, 0.05) is 21.3 Å². The van der Waals surface area contributed by atoms with Crippen LogP contribution in [-0.4, -0.2) is 16.0 Å². The highest BCUT2D eigenvalue weighted by Gasteiger charge is 2.11. The van der Waals surface area contributed by atoms with Crippen LogP contribution in [0.5, 0.6) is 0 Å². The lowest BCUT2D eigenvalue weighted by molar-refractivity contribution is 0.0977. The molecule has 1 aromatic heterocycles. The SMILES string of the molecule is CCc1ccc(C(=O)NC(=S)Nc2ccc3oc(-c4ccc(Br)cc4)nc3c2)cc1. The fourth-order valence-corrected chi connectivity index (χ4v) is 3.43. The van der Waals surface area contributed by atoms with Gasteiger partial charge in [-0.25, -0.2) is 4.98 Å². The van der Waals surface area contributed by atoms with Crippen molar-refractivity contribution in [1.82, 2.24) is 10.3 Å². The summed E-state index contributed by atoms with van der Waals surface area (Å²) in [5.41, 5.74) is 4.70. The van der Waals surface area contributed by atoms with Crippen LogP contribution >= 0.6 is 28.1 Å². The van der Waals surface area contributed by atoms with Crippen molar-refractivity contribution < 1.29 is 9.21 Å². The zero-order valence-corrected chi connectivity index (χ0v) is 18.5. The highest BCUT2D eigenvalue weighted by molar-refractivity contribution is 9.10. The van der Waals surface area contributed by atoms with Gasteiger partial charge in [-0.05, 0) is 78.8 Å². The number of anilines is 1. The van der Waals surface area contributed by atoms with Gasteiger partial charge in [0.25, 0.3) is 5.91 Å². The van der Waals surface area contributed by atoms with Crippen molar-refractivity contribution in [2.24, 2.45) is 0 Å². The Morgan fingerprint density at radius 1 is 1.07 bits per heavy atom. The van der Waals surface area contributed by atoms with E-state index < -0.39 is 0 Å². The topological polar surface area (TPSA) is 67.2 Å². The van der Waals surface area contributed by atoms with Crippen LogP contribution in [0.1, 0.15) is 22.8 Å². The second-order valence-electron chi connectivity index (χ2n) is 6.67. The molecule has 1 amide bonds. The van der Waals surface area contributed by atoms with Gasteiger partial charge in [-0.2, -0.15) is 0 Å². The van der Waals surface area contributed by atoms with Gasteiger partial charge >= 0.3 is 0 Å². The molecule has 3 aromatic carbocycles. The number of nitrogens with zero attached hydrogens (tertiary/aromatic N) is 1. The predicted molar refractivity (Wildman–Crippen MR) is 127 cm³/mol. The van der Waals surface area contributed by atoms with Crippen molar-refractivity contribution in [1.29, 1.82) is 0 Å². The molecule has 0 fully saturated rings. The molecule has 0 bridgehead atoms. The van der Waals surface area contributed by atoms with E-state index >= 15 is 0 Å². The molecule has 0 saturated heterocycles. The van der Waals surface area contributed by atoms with Gasteiger partial charge < -0.3 is 9.73 Å². The summed E-state index contributed by atoms with van der Waals surface area (Å²) in [7, 11) is 0. The standard InChI is InChI=1S/C23H18BrN3O2S/c1-2-14-3-5-15(6-4-14)21(28)27-23(30)25-18-11-12-20-19(13-18)26-22(29-20)16-7-9-17(24)10-8-16/h3-13H,2H2,1H3,(H2,25,27,28,30). The number of hydrogen-bond donors (Lipinski definition) is 2. The van der Waals surface area contributed by atoms with E-state index in [0.29, 0.717) is 28.2 Å². The molecule has 0 aliphatic rings. The molecule has 4 rings (SSSR count). The Labute approximate surface area is 187 Å². The second-order valence-corrected chi connectivity index (χ2v) is 7.99. The van der Waals surface area contributed by atoms with E-state index in [1.54, 1.807) is 12.1 Å². The Morgan fingerprint density at radius 3 is 2.50 bits per heavy atom. The average Bonchev–Trinajstić information content (AvgIpc) is 3.17. The number of carbonyl (C=O) groups is 1. The summed E-state index contributed by atoms with van der Waals surface area (Å²) in [5, 5.41) is 5.94. The van der Waals surface area contributed by atoms with Gasteiger partial charge in [0.1, 0.15) is 5.52 Å². The number of halogens is 1. The zero-order chi connectivity index (χ0) is 21.1. The van der Waals surface area contributed by atoms with E-state index in [2.05, 4.69) is 38.5 Å². The van der Waals surface area contributed by atoms with Crippen molar-refractivity contribution >= 4 is 56.0 Å². The minimum absolute atomic E-state index is 0.218. The monoisotopic (exact) mass is 479 g/mol. The number of amides is 1. The summed E-state index contributed by atoms with van der Waals surface area (Å²) in [6.07, 6.45) is 0.927. The van der Waals surface area contributed by atoms with Crippen LogP contribution in [0.4, 0.5) is 5.69 Å². The van der Waals surface area contributed by atoms with Crippen molar-refractivity contribution in [2.45, 2.75) is 13.3 Å². The van der Waals surface area contributed by atoms with Gasteiger partial charge in [-0.3, -0.25) is 10.1 Å². The number of oxazole rings is 1. The molecule has 7 heteroatoms. The van der Waals surface area contributed by atoms with E-state index in [0.717, 1.165) is 16.5 Å². The van der Waals surface area contributed by atoms with E-state index in [-0.39, 0.29) is 11.0 Å². The molecular weight excluding hydrogens is 462 g/mol. The zero-order valence-electron chi connectivity index (χ0n) is 16.1. The van der Waals surface area contributed by atoms with Crippen molar-refractivity contribution in [3.63, 3.8) is 0 Å². The molecule has 0 radical (unpaired) electrons. The fourth-order valence-electron chi connectivity index (χ4n) is 2.95. The maximum Gasteiger partial charge on any atom is 0.257 e. The molecule has 0 unspecified atom stereocenters. The molecule has 1 heterocycles. The predicted octanol–water partition coefficient (Wildman–Crippen LogP) is 5.95. The molecule has 150 valence electrons. The number of aryl methyl sites for hydroxylation is 1. The van der Waals surface area contributed by atoms with Crippen LogP contribution in [0, 0.1) is 0 Å². The van der Waals surface area contributed by atoms with E-state index in [1.807, 2.05) is 54.6 Å². The Hall–Kier alpha value is -3.03. The molecule has 5 nitrogen and oxygen atoms in total. The first-order valence-electron chi connectivity index (χ1n) is 9.39. The number of benzene rings is 3. The molecule has 0 atom stereocenters. The molecule has 0 aliphatic carbocycles. The summed E-state index contributed by atoms with van der Waals surface area (Å²) in [6.45, 7) is 2.07. The number of rotatable bonds is 4. The molecule has 0 aliphatic heterocycles. The summed E-state index contributed by atoms with van der Waals surface area (Å²) in [6, 6.07) is 20.7. The largest absolute Gasteiger partial charge is 0.436 e. The summed E-state index contributed by atoms with van der Waals surface area (Å²) < 4.78 is 6.83. The third-order valence-corrected chi connectivity index (χ3v) is 5.32. The molecule has 30 heavy (non-hydrogen) atoms. The number of hydrogen-bond acceptors (Lipinski definition) is 4. The molecular formula is C23H18BrN3O2S. The molecule has 4 aromatic rings. The first-order chi connectivity index (χ1) is 14.5. The van der Waals surface area contributed by atoms with E-state index in [1.165, 1.54) is 5.56 Å². The van der Waals surface area contributed by atoms with Crippen LogP contribution in [0.3, 0.4) is 0 Å². The number of aromatic nitrogens is 1. The number of carbonyl (C=O) groups excluding carboxylic acids is 1. The van der Waals surface area contributed by atoms with Gasteiger partial charge in [0.05, 0.1) is 0 Å². The fraction of sp³-hybridized carbons (Fsp3) is 0.0870. The number of fused-ring (bicyclic) bond motifs is 1. The Bertz CT molecular complexity index is 1220. The van der Waals surface area contributed by atoms with Gasteiger partial charge in [0.15, 0.2) is 10.7 Å². The molecule has 0 spiro atoms. The van der Waals surface area contributed by atoms with Crippen LogP contribution in [0.25, 0.3) is 22.6 Å². The summed E-state index contributed by atoms with van der Waals surface area (Å²) >= 11 is 8.71. The molecule has 2 N–H and O–H groups in total.